The van der Waals surface area contributed by atoms with E-state index in [2.05, 4.69) is 25.7 Å². The van der Waals surface area contributed by atoms with Crippen LogP contribution in [-0.4, -0.2) is 29.4 Å². The second kappa shape index (κ2) is 11.9. The molecule has 1 unspecified atom stereocenters. The van der Waals surface area contributed by atoms with Gasteiger partial charge < -0.3 is 9.79 Å². The zero-order valence-electron chi connectivity index (χ0n) is 7.00. The number of rotatable bonds is 3. The van der Waals surface area contributed by atoms with Crippen LogP contribution in [0.1, 0.15) is 20.8 Å². The molecule has 0 rings (SSSR count). The van der Waals surface area contributed by atoms with Crippen molar-refractivity contribution in [1.82, 2.24) is 4.90 Å². The Kier molecular flexibility index (Phi) is 15.2. The molecule has 0 aliphatic rings. The Bertz CT molecular complexity index is 61.3. The zero-order valence-corrected chi connectivity index (χ0v) is 8.16. The normalized spacial score (nSPS) is 10.1. The van der Waals surface area contributed by atoms with Crippen LogP contribution in [0.25, 0.3) is 0 Å². The fourth-order valence-electron chi connectivity index (χ4n) is 0.671. The van der Waals surface area contributed by atoms with Crippen LogP contribution in [-0.2, 0) is 4.57 Å². The molecule has 0 amide bonds. The van der Waals surface area contributed by atoms with E-state index in [0.717, 1.165) is 0 Å². The molecule has 0 radical (unpaired) electrons. The van der Waals surface area contributed by atoms with Crippen LogP contribution in [0.15, 0.2) is 0 Å². The van der Waals surface area contributed by atoms with Gasteiger partial charge in [0.25, 0.3) is 0 Å². The van der Waals surface area contributed by atoms with Crippen LogP contribution in [0.4, 0.5) is 0 Å². The molecule has 0 saturated carbocycles. The van der Waals surface area contributed by atoms with E-state index in [4.69, 9.17) is 9.46 Å². The van der Waals surface area contributed by atoms with Gasteiger partial charge in [-0.15, -0.1) is 0 Å². The summed E-state index contributed by atoms with van der Waals surface area (Å²) in [7, 11) is -1.50. The van der Waals surface area contributed by atoms with Gasteiger partial charge in [-0.2, -0.15) is 0 Å². The van der Waals surface area contributed by atoms with Crippen molar-refractivity contribution in [2.24, 2.45) is 0 Å². The Morgan fingerprint density at radius 2 is 1.40 bits per heavy atom. The third-order valence-corrected chi connectivity index (χ3v) is 1.34. The van der Waals surface area contributed by atoms with Gasteiger partial charge in [-0.05, 0) is 19.6 Å². The van der Waals surface area contributed by atoms with Crippen LogP contribution < -0.4 is 0 Å². The first-order valence-electron chi connectivity index (χ1n) is 3.56. The summed E-state index contributed by atoms with van der Waals surface area (Å²) in [5.74, 6) is 0. The van der Waals surface area contributed by atoms with Crippen LogP contribution in [0.2, 0.25) is 0 Å². The lowest BCUT2D eigenvalue weighted by Gasteiger charge is -2.13. The molecule has 0 fully saturated rings. The van der Waals surface area contributed by atoms with E-state index in [0.29, 0.717) is 0 Å². The summed E-state index contributed by atoms with van der Waals surface area (Å²) < 4.78 is 8.57. The molecule has 4 heteroatoms. The topological polar surface area (TPSA) is 40.5 Å². The summed E-state index contributed by atoms with van der Waals surface area (Å²) in [4.78, 5) is 9.47. The molecule has 1 atom stereocenters. The predicted octanol–water partition coefficient (Wildman–Crippen LogP) is 0.998. The first-order chi connectivity index (χ1) is 4.76. The molecule has 0 aromatic carbocycles. The van der Waals surface area contributed by atoms with Gasteiger partial charge in [-0.1, -0.05) is 20.8 Å². The molecule has 10 heavy (non-hydrogen) atoms. The number of nitrogens with zero attached hydrogens (tertiary/aromatic N) is 1. The zero-order chi connectivity index (χ0) is 8.41. The van der Waals surface area contributed by atoms with Crippen molar-refractivity contribution in [3.8, 4) is 0 Å². The Hall–Kier alpha value is 0.150. The van der Waals surface area contributed by atoms with E-state index in [-0.39, 0.29) is 0 Å². The smallest absolute Gasteiger partial charge is 0.177 e. The van der Waals surface area contributed by atoms with Crippen LogP contribution in [0.3, 0.4) is 0 Å². The third-order valence-electron chi connectivity index (χ3n) is 1.34. The highest BCUT2D eigenvalue weighted by Gasteiger charge is 1.89. The molecule has 0 aromatic heterocycles. The fourth-order valence-corrected chi connectivity index (χ4v) is 0.671. The Balaban J connectivity index is 0. The summed E-state index contributed by atoms with van der Waals surface area (Å²) in [6.07, 6.45) is 0. The summed E-state index contributed by atoms with van der Waals surface area (Å²) in [6, 6.07) is 0. The molecule has 0 aliphatic carbocycles. The van der Waals surface area contributed by atoms with Gasteiger partial charge >= 0.3 is 0 Å². The van der Waals surface area contributed by atoms with Crippen LogP contribution >= 0.6 is 8.69 Å². The lowest BCUT2D eigenvalue weighted by atomic mass is 10.5. The highest BCUT2D eigenvalue weighted by Crippen LogP contribution is 1.81. The van der Waals surface area contributed by atoms with Gasteiger partial charge in [-0.3, -0.25) is 4.57 Å². The van der Waals surface area contributed by atoms with Gasteiger partial charge in [0.1, 0.15) is 0 Å². The second-order valence-electron chi connectivity index (χ2n) is 1.72. The maximum absolute atomic E-state index is 8.57. The maximum atomic E-state index is 8.57. The average molecular weight is 167 g/mol. The number of hydrogen-bond donors (Lipinski definition) is 1. The van der Waals surface area contributed by atoms with Crippen molar-refractivity contribution in [1.29, 1.82) is 0 Å². The van der Waals surface area contributed by atoms with Gasteiger partial charge in [0.15, 0.2) is 8.69 Å². The molecule has 0 spiro atoms. The first-order valence-corrected chi connectivity index (χ1v) is 4.55. The van der Waals surface area contributed by atoms with Crippen LogP contribution in [0, 0.1) is 0 Å². The summed E-state index contributed by atoms with van der Waals surface area (Å²) in [6.45, 7) is 10.1. The summed E-state index contributed by atoms with van der Waals surface area (Å²) in [5, 5.41) is 0. The Morgan fingerprint density at radius 1 is 1.20 bits per heavy atom. The SMILES string of the molecule is CCN(CC)CC.O=[PH2]O. The molecule has 0 aromatic rings. The minimum absolute atomic E-state index is 1.19. The van der Waals surface area contributed by atoms with Gasteiger partial charge in [0.2, 0.25) is 0 Å². The minimum Gasteiger partial charge on any atom is -0.348 e. The van der Waals surface area contributed by atoms with Crippen molar-refractivity contribution in [2.75, 3.05) is 19.6 Å². The van der Waals surface area contributed by atoms with Crippen molar-refractivity contribution in [3.63, 3.8) is 0 Å². The molecule has 64 valence electrons. The van der Waals surface area contributed by atoms with Gasteiger partial charge in [0.05, 0.1) is 0 Å². The first kappa shape index (κ1) is 12.8. The highest BCUT2D eigenvalue weighted by molar-refractivity contribution is 7.16. The fraction of sp³-hybridized carbons (Fsp3) is 1.00. The molecular weight excluding hydrogens is 149 g/mol. The Morgan fingerprint density at radius 3 is 1.40 bits per heavy atom. The van der Waals surface area contributed by atoms with E-state index in [1.54, 1.807) is 0 Å². The Labute approximate surface area is 64.3 Å². The molecule has 0 heterocycles. The van der Waals surface area contributed by atoms with Crippen molar-refractivity contribution in [3.05, 3.63) is 0 Å². The van der Waals surface area contributed by atoms with Crippen molar-refractivity contribution >= 4 is 8.69 Å². The molecular formula is C6H18NO2P. The van der Waals surface area contributed by atoms with E-state index in [1.165, 1.54) is 19.6 Å². The standard InChI is InChI=1S/C6H15N.H3O2P/c1-4-7(5-2)6-3;1-3-2/h4-6H2,1-3H3;3H2,(H,1,2). The van der Waals surface area contributed by atoms with Crippen molar-refractivity contribution in [2.45, 2.75) is 20.8 Å². The lowest BCUT2D eigenvalue weighted by Crippen LogP contribution is -2.21. The summed E-state index contributed by atoms with van der Waals surface area (Å²) >= 11 is 0. The maximum Gasteiger partial charge on any atom is 0.177 e. The molecule has 1 N–H and O–H groups in total. The minimum atomic E-state index is -1.50. The number of hydrogen-bond acceptors (Lipinski definition) is 2. The second-order valence-corrected chi connectivity index (χ2v) is 1.94. The van der Waals surface area contributed by atoms with Gasteiger partial charge in [-0.25, -0.2) is 0 Å². The van der Waals surface area contributed by atoms with E-state index in [1.807, 2.05) is 0 Å². The van der Waals surface area contributed by atoms with E-state index < -0.39 is 8.69 Å². The van der Waals surface area contributed by atoms with Crippen LogP contribution in [0.5, 0.6) is 0 Å². The quantitative estimate of drug-likeness (QED) is 0.637. The van der Waals surface area contributed by atoms with Crippen molar-refractivity contribution < 1.29 is 9.46 Å². The van der Waals surface area contributed by atoms with E-state index >= 15 is 0 Å². The summed E-state index contributed by atoms with van der Waals surface area (Å²) in [5.41, 5.74) is 0. The molecule has 3 nitrogen and oxygen atoms in total. The lowest BCUT2D eigenvalue weighted by molar-refractivity contribution is 0.321. The molecule has 0 saturated heterocycles. The largest absolute Gasteiger partial charge is 0.348 e. The average Bonchev–Trinajstić information content (AvgIpc) is 1.93. The monoisotopic (exact) mass is 167 g/mol. The molecule has 0 aliphatic heterocycles. The predicted molar refractivity (Wildman–Crippen MR) is 46.1 cm³/mol. The molecule has 0 bridgehead atoms. The van der Waals surface area contributed by atoms with Gasteiger partial charge in [0, 0.05) is 0 Å². The van der Waals surface area contributed by atoms with E-state index in [9.17, 15) is 0 Å². The highest BCUT2D eigenvalue weighted by atomic mass is 31.1. The third kappa shape index (κ3) is 11.0.